The molecule has 1 aromatic heterocycles. The Bertz CT molecular complexity index is 383. The lowest BCUT2D eigenvalue weighted by molar-refractivity contribution is 0.0606. The maximum Gasteiger partial charge on any atom is 0.213 e. The standard InChI is InChI=1S/C15H24N2O3/c1-18-9-10-20-15-8-7-12(11-16-15)17-13-5-3-4-6-14(13)19-2/h7-8,11,13-14,17H,3-6,9-10H2,1-2H3. The summed E-state index contributed by atoms with van der Waals surface area (Å²) in [5.74, 6) is 0.625. The molecule has 0 radical (unpaired) electrons. The number of ether oxygens (including phenoxy) is 3. The van der Waals surface area contributed by atoms with E-state index in [4.69, 9.17) is 14.2 Å². The number of anilines is 1. The molecule has 112 valence electrons. The van der Waals surface area contributed by atoms with E-state index in [-0.39, 0.29) is 0 Å². The lowest BCUT2D eigenvalue weighted by Gasteiger charge is -2.31. The minimum absolute atomic E-state index is 0.293. The Morgan fingerprint density at radius 3 is 2.75 bits per heavy atom. The van der Waals surface area contributed by atoms with Crippen molar-refractivity contribution in [3.8, 4) is 5.88 Å². The number of rotatable bonds is 7. The lowest BCUT2D eigenvalue weighted by Crippen LogP contribution is -2.37. The predicted molar refractivity (Wildman–Crippen MR) is 78.3 cm³/mol. The minimum atomic E-state index is 0.293. The molecule has 2 atom stereocenters. The van der Waals surface area contributed by atoms with Gasteiger partial charge in [0.2, 0.25) is 5.88 Å². The molecule has 20 heavy (non-hydrogen) atoms. The van der Waals surface area contributed by atoms with Crippen LogP contribution in [0.4, 0.5) is 5.69 Å². The zero-order valence-corrected chi connectivity index (χ0v) is 12.3. The van der Waals surface area contributed by atoms with Gasteiger partial charge in [-0.1, -0.05) is 12.8 Å². The third-order valence-corrected chi connectivity index (χ3v) is 3.63. The van der Waals surface area contributed by atoms with Crippen molar-refractivity contribution in [1.29, 1.82) is 0 Å². The van der Waals surface area contributed by atoms with E-state index in [1.807, 2.05) is 18.3 Å². The van der Waals surface area contributed by atoms with Crippen molar-refractivity contribution in [3.05, 3.63) is 18.3 Å². The van der Waals surface area contributed by atoms with Gasteiger partial charge in [-0.25, -0.2) is 4.98 Å². The Labute approximate surface area is 120 Å². The molecule has 1 heterocycles. The Hall–Kier alpha value is -1.33. The molecular formula is C15H24N2O3. The van der Waals surface area contributed by atoms with E-state index in [0.717, 1.165) is 18.5 Å². The van der Waals surface area contributed by atoms with Crippen LogP contribution in [0.2, 0.25) is 0 Å². The highest BCUT2D eigenvalue weighted by Gasteiger charge is 2.24. The first-order chi connectivity index (χ1) is 9.83. The number of nitrogens with one attached hydrogen (secondary N) is 1. The Kier molecular flexibility index (Phi) is 6.08. The molecule has 2 rings (SSSR count). The van der Waals surface area contributed by atoms with Gasteiger partial charge in [-0.2, -0.15) is 0 Å². The van der Waals surface area contributed by atoms with Crippen molar-refractivity contribution in [2.24, 2.45) is 0 Å². The van der Waals surface area contributed by atoms with Crippen LogP contribution in [0, 0.1) is 0 Å². The van der Waals surface area contributed by atoms with Gasteiger partial charge in [0.05, 0.1) is 30.6 Å². The summed E-state index contributed by atoms with van der Waals surface area (Å²) >= 11 is 0. The number of aromatic nitrogens is 1. The fourth-order valence-corrected chi connectivity index (χ4v) is 2.54. The van der Waals surface area contributed by atoms with Gasteiger partial charge in [0.25, 0.3) is 0 Å². The zero-order valence-electron chi connectivity index (χ0n) is 12.3. The third kappa shape index (κ3) is 4.35. The molecule has 0 spiro atoms. The van der Waals surface area contributed by atoms with Crippen LogP contribution in [-0.2, 0) is 9.47 Å². The van der Waals surface area contributed by atoms with Gasteiger partial charge in [-0.05, 0) is 18.9 Å². The maximum absolute atomic E-state index is 5.54. The summed E-state index contributed by atoms with van der Waals surface area (Å²) in [7, 11) is 3.44. The van der Waals surface area contributed by atoms with E-state index in [1.54, 1.807) is 14.2 Å². The average Bonchev–Trinajstić information content (AvgIpc) is 2.50. The van der Waals surface area contributed by atoms with Crippen molar-refractivity contribution in [2.75, 3.05) is 32.8 Å². The average molecular weight is 280 g/mol. The monoisotopic (exact) mass is 280 g/mol. The molecule has 0 aliphatic heterocycles. The normalized spacial score (nSPS) is 22.5. The highest BCUT2D eigenvalue weighted by Crippen LogP contribution is 2.24. The largest absolute Gasteiger partial charge is 0.475 e. The number of nitrogens with zero attached hydrogens (tertiary/aromatic N) is 1. The molecule has 5 nitrogen and oxygen atoms in total. The summed E-state index contributed by atoms with van der Waals surface area (Å²) in [4.78, 5) is 4.29. The van der Waals surface area contributed by atoms with Gasteiger partial charge in [-0.15, -0.1) is 0 Å². The molecule has 1 saturated carbocycles. The second-order valence-corrected chi connectivity index (χ2v) is 5.04. The van der Waals surface area contributed by atoms with Crippen LogP contribution in [0.1, 0.15) is 25.7 Å². The van der Waals surface area contributed by atoms with E-state index >= 15 is 0 Å². The first-order valence-electron chi connectivity index (χ1n) is 7.20. The molecule has 0 bridgehead atoms. The Morgan fingerprint density at radius 2 is 2.05 bits per heavy atom. The van der Waals surface area contributed by atoms with Crippen LogP contribution in [-0.4, -0.2) is 44.6 Å². The summed E-state index contributed by atoms with van der Waals surface area (Å²) < 4.78 is 15.9. The smallest absolute Gasteiger partial charge is 0.213 e. The lowest BCUT2D eigenvalue weighted by atomic mass is 9.92. The van der Waals surface area contributed by atoms with Gasteiger partial charge in [-0.3, -0.25) is 0 Å². The van der Waals surface area contributed by atoms with E-state index in [1.165, 1.54) is 12.8 Å². The summed E-state index contributed by atoms with van der Waals surface area (Å²) in [6, 6.07) is 4.25. The molecule has 0 amide bonds. The van der Waals surface area contributed by atoms with Crippen LogP contribution >= 0.6 is 0 Å². The van der Waals surface area contributed by atoms with E-state index in [0.29, 0.717) is 31.2 Å². The molecule has 1 fully saturated rings. The quantitative estimate of drug-likeness (QED) is 0.778. The van der Waals surface area contributed by atoms with Crippen LogP contribution in [0.3, 0.4) is 0 Å². The molecule has 0 aromatic carbocycles. The summed E-state index contributed by atoms with van der Waals surface area (Å²) in [6.45, 7) is 1.09. The number of pyridine rings is 1. The van der Waals surface area contributed by atoms with Crippen molar-refractivity contribution >= 4 is 5.69 Å². The number of methoxy groups -OCH3 is 2. The molecule has 1 aliphatic rings. The van der Waals surface area contributed by atoms with Gasteiger partial charge in [0, 0.05) is 20.3 Å². The van der Waals surface area contributed by atoms with Gasteiger partial charge in [0.15, 0.2) is 0 Å². The highest BCUT2D eigenvalue weighted by molar-refractivity contribution is 5.43. The molecule has 1 N–H and O–H groups in total. The third-order valence-electron chi connectivity index (χ3n) is 3.63. The first kappa shape index (κ1) is 15.1. The van der Waals surface area contributed by atoms with E-state index < -0.39 is 0 Å². The van der Waals surface area contributed by atoms with E-state index in [2.05, 4.69) is 10.3 Å². The van der Waals surface area contributed by atoms with Crippen LogP contribution in [0.25, 0.3) is 0 Å². The van der Waals surface area contributed by atoms with Crippen molar-refractivity contribution in [1.82, 2.24) is 4.98 Å². The van der Waals surface area contributed by atoms with Gasteiger partial charge < -0.3 is 19.5 Å². The Morgan fingerprint density at radius 1 is 1.20 bits per heavy atom. The molecule has 2 unspecified atom stereocenters. The molecule has 1 aromatic rings. The second-order valence-electron chi connectivity index (χ2n) is 5.04. The topological polar surface area (TPSA) is 52.6 Å². The van der Waals surface area contributed by atoms with Gasteiger partial charge in [0.1, 0.15) is 6.61 Å². The minimum Gasteiger partial charge on any atom is -0.475 e. The molecular weight excluding hydrogens is 256 g/mol. The molecule has 1 aliphatic carbocycles. The fourth-order valence-electron chi connectivity index (χ4n) is 2.54. The highest BCUT2D eigenvalue weighted by atomic mass is 16.5. The van der Waals surface area contributed by atoms with Crippen LogP contribution < -0.4 is 10.1 Å². The first-order valence-corrected chi connectivity index (χ1v) is 7.20. The number of hydrogen-bond acceptors (Lipinski definition) is 5. The number of hydrogen-bond donors (Lipinski definition) is 1. The predicted octanol–water partition coefficient (Wildman–Crippen LogP) is 2.48. The molecule has 5 heteroatoms. The zero-order chi connectivity index (χ0) is 14.2. The summed E-state index contributed by atoms with van der Waals surface area (Å²) in [5.41, 5.74) is 1.01. The Balaban J connectivity index is 1.86. The summed E-state index contributed by atoms with van der Waals surface area (Å²) in [5, 5.41) is 3.51. The van der Waals surface area contributed by atoms with Gasteiger partial charge >= 0.3 is 0 Å². The summed E-state index contributed by atoms with van der Waals surface area (Å²) in [6.07, 6.45) is 6.87. The van der Waals surface area contributed by atoms with Crippen LogP contribution in [0.5, 0.6) is 5.88 Å². The van der Waals surface area contributed by atoms with Crippen molar-refractivity contribution in [2.45, 2.75) is 37.8 Å². The fraction of sp³-hybridized carbons (Fsp3) is 0.667. The molecule has 0 saturated heterocycles. The van der Waals surface area contributed by atoms with Crippen LogP contribution in [0.15, 0.2) is 18.3 Å². The van der Waals surface area contributed by atoms with Crippen molar-refractivity contribution < 1.29 is 14.2 Å². The van der Waals surface area contributed by atoms with Crippen molar-refractivity contribution in [3.63, 3.8) is 0 Å². The second kappa shape index (κ2) is 8.07. The van der Waals surface area contributed by atoms with E-state index in [9.17, 15) is 0 Å². The SMILES string of the molecule is COCCOc1ccc(NC2CCCCC2OC)cn1. The maximum atomic E-state index is 5.54.